The van der Waals surface area contributed by atoms with Crippen LogP contribution in [0.2, 0.25) is 0 Å². The van der Waals surface area contributed by atoms with Gasteiger partial charge in [-0.1, -0.05) is 18.2 Å². The average molecular weight is 444 g/mol. The van der Waals surface area contributed by atoms with Gasteiger partial charge in [0.25, 0.3) is 0 Å². The predicted molar refractivity (Wildman–Crippen MR) is 125 cm³/mol. The molecule has 3 aromatic rings. The number of hydrogen-bond donors (Lipinski definition) is 0. The first-order chi connectivity index (χ1) is 16.1. The molecule has 33 heavy (non-hydrogen) atoms. The third kappa shape index (κ3) is 4.20. The van der Waals surface area contributed by atoms with Gasteiger partial charge in [-0.15, -0.1) is 0 Å². The van der Waals surface area contributed by atoms with Gasteiger partial charge in [0, 0.05) is 5.39 Å². The first kappa shape index (κ1) is 22.2. The van der Waals surface area contributed by atoms with Gasteiger partial charge in [-0.05, 0) is 60.2 Å². The first-order valence-electron chi connectivity index (χ1n) is 10.6. The number of fused-ring (bicyclic) bond motifs is 2. The van der Waals surface area contributed by atoms with E-state index in [4.69, 9.17) is 29.2 Å². The van der Waals surface area contributed by atoms with Crippen LogP contribution in [0, 0.1) is 11.3 Å². The summed E-state index contributed by atoms with van der Waals surface area (Å²) < 4.78 is 21.6. The third-order valence-corrected chi connectivity index (χ3v) is 5.67. The van der Waals surface area contributed by atoms with Crippen molar-refractivity contribution in [3.63, 3.8) is 0 Å². The molecule has 4 rings (SSSR count). The zero-order chi connectivity index (χ0) is 23.4. The van der Waals surface area contributed by atoms with E-state index in [0.717, 1.165) is 40.6 Å². The maximum atomic E-state index is 12.9. The van der Waals surface area contributed by atoms with Gasteiger partial charge in [0.1, 0.15) is 6.07 Å². The fraction of sp³-hybridized carbons (Fsp3) is 0.269. The molecule has 0 fully saturated rings. The van der Waals surface area contributed by atoms with Crippen LogP contribution in [0.25, 0.3) is 22.6 Å². The largest absolute Gasteiger partial charge is 0.493 e. The van der Waals surface area contributed by atoms with Gasteiger partial charge < -0.3 is 18.9 Å². The Balaban J connectivity index is 1.90. The van der Waals surface area contributed by atoms with Crippen LogP contribution in [-0.2, 0) is 11.2 Å². The van der Waals surface area contributed by atoms with E-state index in [1.54, 1.807) is 21.3 Å². The van der Waals surface area contributed by atoms with Gasteiger partial charge in [-0.2, -0.15) is 5.26 Å². The Hall–Kier alpha value is -4.05. The molecule has 1 aliphatic rings. The molecule has 0 N–H and O–H groups in total. The number of methoxy groups -OCH3 is 3. The number of benzene rings is 2. The van der Waals surface area contributed by atoms with Crippen molar-refractivity contribution in [2.75, 3.05) is 27.9 Å². The van der Waals surface area contributed by atoms with Gasteiger partial charge in [0.05, 0.1) is 38.1 Å². The number of allylic oxidation sites excluding steroid dienone is 1. The minimum atomic E-state index is -0.500. The fourth-order valence-corrected chi connectivity index (χ4v) is 4.26. The lowest BCUT2D eigenvalue weighted by atomic mass is 9.86. The molecule has 168 valence electrons. The average Bonchev–Trinajstić information content (AvgIpc) is 2.85. The van der Waals surface area contributed by atoms with Crippen molar-refractivity contribution in [2.24, 2.45) is 0 Å². The van der Waals surface area contributed by atoms with E-state index in [0.29, 0.717) is 34.7 Å². The van der Waals surface area contributed by atoms with Gasteiger partial charge in [-0.3, -0.25) is 0 Å². The molecule has 1 heterocycles. The molecule has 0 saturated heterocycles. The quantitative estimate of drug-likeness (QED) is 0.504. The summed E-state index contributed by atoms with van der Waals surface area (Å²) in [6.45, 7) is -0.293. The van der Waals surface area contributed by atoms with Crippen molar-refractivity contribution >= 4 is 28.5 Å². The maximum absolute atomic E-state index is 12.9. The zero-order valence-corrected chi connectivity index (χ0v) is 18.8. The molecule has 1 aliphatic carbocycles. The van der Waals surface area contributed by atoms with Crippen LogP contribution in [-0.4, -0.2) is 38.9 Å². The number of carbonyl (C=O) groups excluding carboxylic acids is 1. The molecule has 0 saturated carbocycles. The van der Waals surface area contributed by atoms with Crippen LogP contribution in [0.15, 0.2) is 36.4 Å². The molecular formula is C26H24N2O5. The highest BCUT2D eigenvalue weighted by molar-refractivity contribution is 6.06. The monoisotopic (exact) mass is 444 g/mol. The van der Waals surface area contributed by atoms with E-state index >= 15 is 0 Å². The highest BCUT2D eigenvalue weighted by Gasteiger charge is 2.26. The van der Waals surface area contributed by atoms with Crippen LogP contribution < -0.4 is 14.2 Å². The van der Waals surface area contributed by atoms with Crippen molar-refractivity contribution in [1.29, 1.82) is 5.26 Å². The second-order valence-electron chi connectivity index (χ2n) is 7.55. The fourth-order valence-electron chi connectivity index (χ4n) is 4.26. The van der Waals surface area contributed by atoms with Crippen molar-refractivity contribution < 1.29 is 23.7 Å². The molecule has 2 aromatic carbocycles. The van der Waals surface area contributed by atoms with E-state index in [9.17, 15) is 4.79 Å². The Bertz CT molecular complexity index is 1260. The summed E-state index contributed by atoms with van der Waals surface area (Å²) in [7, 11) is 4.73. The summed E-state index contributed by atoms with van der Waals surface area (Å²) in [5.41, 5.74) is 4.69. The zero-order valence-electron chi connectivity index (χ0n) is 18.8. The van der Waals surface area contributed by atoms with Crippen molar-refractivity contribution in [1.82, 2.24) is 4.98 Å². The second-order valence-corrected chi connectivity index (χ2v) is 7.55. The molecule has 1 aromatic heterocycles. The summed E-state index contributed by atoms with van der Waals surface area (Å²) in [6.07, 6.45) is 4.41. The number of para-hydroxylation sites is 1. The van der Waals surface area contributed by atoms with E-state index in [1.165, 1.54) is 0 Å². The Morgan fingerprint density at radius 1 is 1.09 bits per heavy atom. The van der Waals surface area contributed by atoms with Gasteiger partial charge >= 0.3 is 5.97 Å². The molecule has 7 heteroatoms. The van der Waals surface area contributed by atoms with Crippen LogP contribution in [0.3, 0.4) is 0 Å². The molecule has 0 unspecified atom stereocenters. The second kappa shape index (κ2) is 9.61. The normalized spacial score (nSPS) is 13.8. The van der Waals surface area contributed by atoms with Crippen molar-refractivity contribution in [3.8, 4) is 23.3 Å². The highest BCUT2D eigenvalue weighted by atomic mass is 16.5. The van der Waals surface area contributed by atoms with Gasteiger partial charge in [0.2, 0.25) is 5.75 Å². The smallest absolute Gasteiger partial charge is 0.340 e. The van der Waals surface area contributed by atoms with E-state index in [2.05, 4.69) is 0 Å². The molecule has 0 atom stereocenters. The Morgan fingerprint density at radius 2 is 1.82 bits per heavy atom. The molecule has 7 nitrogen and oxygen atoms in total. The lowest BCUT2D eigenvalue weighted by molar-refractivity contribution is 0.0556. The molecule has 0 aliphatic heterocycles. The highest BCUT2D eigenvalue weighted by Crippen LogP contribution is 2.41. The number of carbonyl (C=O) groups is 1. The number of rotatable bonds is 6. The number of nitriles is 1. The first-order valence-corrected chi connectivity index (χ1v) is 10.6. The topological polar surface area (TPSA) is 90.7 Å². The molecular weight excluding hydrogens is 420 g/mol. The Labute approximate surface area is 192 Å². The minimum Gasteiger partial charge on any atom is -0.493 e. The Morgan fingerprint density at radius 3 is 2.48 bits per heavy atom. The summed E-state index contributed by atoms with van der Waals surface area (Å²) in [6, 6.07) is 13.1. The van der Waals surface area contributed by atoms with Crippen LogP contribution in [0.1, 0.15) is 40.0 Å². The molecule has 0 spiro atoms. The maximum Gasteiger partial charge on any atom is 0.340 e. The molecule has 0 amide bonds. The summed E-state index contributed by atoms with van der Waals surface area (Å²) in [5, 5.41) is 9.59. The number of pyridine rings is 1. The predicted octanol–water partition coefficient (Wildman–Crippen LogP) is 4.82. The number of ether oxygens (including phenoxy) is 4. The number of hydrogen-bond acceptors (Lipinski definition) is 7. The van der Waals surface area contributed by atoms with Crippen LogP contribution in [0.5, 0.6) is 17.2 Å². The molecule has 0 bridgehead atoms. The van der Waals surface area contributed by atoms with Gasteiger partial charge in [-0.25, -0.2) is 9.78 Å². The van der Waals surface area contributed by atoms with Crippen molar-refractivity contribution in [2.45, 2.75) is 19.3 Å². The lowest BCUT2D eigenvalue weighted by Gasteiger charge is -2.22. The standard InChI is InChI=1S/C26H24N2O5/c1-30-21-14-16(15-22(31-2)25(21)32-3)13-17-7-6-9-19-23(26(29)33-12-11-27)18-8-4-5-10-20(18)28-24(17)19/h4-5,8,10,13-15H,6-7,9,12H2,1-3H3. The minimum absolute atomic E-state index is 0.293. The van der Waals surface area contributed by atoms with E-state index in [1.807, 2.05) is 48.5 Å². The third-order valence-electron chi connectivity index (χ3n) is 5.67. The van der Waals surface area contributed by atoms with Crippen LogP contribution >= 0.6 is 0 Å². The summed E-state index contributed by atoms with van der Waals surface area (Å²) in [4.78, 5) is 17.8. The SMILES string of the molecule is COc1cc(C=C2CCCc3c2nc2ccccc2c3C(=O)OCC#N)cc(OC)c1OC. The van der Waals surface area contributed by atoms with Crippen molar-refractivity contribution in [3.05, 3.63) is 58.8 Å². The number of aromatic nitrogens is 1. The van der Waals surface area contributed by atoms with Gasteiger partial charge in [0.15, 0.2) is 18.1 Å². The molecule has 0 radical (unpaired) electrons. The summed E-state index contributed by atoms with van der Waals surface area (Å²) in [5.74, 6) is 1.15. The Kier molecular flexibility index (Phi) is 6.45. The van der Waals surface area contributed by atoms with E-state index < -0.39 is 5.97 Å². The van der Waals surface area contributed by atoms with E-state index in [-0.39, 0.29) is 6.61 Å². The number of esters is 1. The van der Waals surface area contributed by atoms with Crippen LogP contribution in [0.4, 0.5) is 0 Å². The number of nitrogens with zero attached hydrogens (tertiary/aromatic N) is 2. The lowest BCUT2D eigenvalue weighted by Crippen LogP contribution is -2.15. The summed E-state index contributed by atoms with van der Waals surface area (Å²) >= 11 is 0.